The summed E-state index contributed by atoms with van der Waals surface area (Å²) in [4.78, 5) is 1.17. The molecule has 1 nitrogen and oxygen atoms in total. The lowest BCUT2D eigenvalue weighted by Gasteiger charge is -1.96. The summed E-state index contributed by atoms with van der Waals surface area (Å²) in [5, 5.41) is 2.88. The van der Waals surface area contributed by atoms with Gasteiger partial charge in [-0.2, -0.15) is 0 Å². The van der Waals surface area contributed by atoms with Crippen molar-refractivity contribution in [2.75, 3.05) is 0 Å². The predicted molar refractivity (Wildman–Crippen MR) is 59.1 cm³/mol. The van der Waals surface area contributed by atoms with E-state index in [2.05, 4.69) is 6.08 Å². The second-order valence-corrected chi connectivity index (χ2v) is 4.79. The van der Waals surface area contributed by atoms with E-state index in [1.165, 1.54) is 10.5 Å². The van der Waals surface area contributed by atoms with E-state index in [1.807, 2.05) is 11.4 Å². The number of rotatable bonds is 1. The maximum atomic E-state index is 5.99. The molecule has 0 saturated heterocycles. The second kappa shape index (κ2) is 3.82. The molecule has 0 amide bonds. The van der Waals surface area contributed by atoms with Crippen LogP contribution in [0.5, 0.6) is 0 Å². The molecule has 1 aromatic rings. The first-order chi connectivity index (χ1) is 6.25. The van der Waals surface area contributed by atoms with E-state index in [1.54, 1.807) is 11.3 Å². The summed E-state index contributed by atoms with van der Waals surface area (Å²) in [7, 11) is 0. The minimum atomic E-state index is 0.366. The van der Waals surface area contributed by atoms with Crippen LogP contribution in [0.2, 0.25) is 5.02 Å². The summed E-state index contributed by atoms with van der Waals surface area (Å²) in [6.07, 6.45) is 5.48. The molecule has 1 aliphatic carbocycles. The Morgan fingerprint density at radius 2 is 2.46 bits per heavy atom. The Kier molecular flexibility index (Phi) is 2.72. The van der Waals surface area contributed by atoms with Crippen molar-refractivity contribution in [3.05, 3.63) is 26.9 Å². The monoisotopic (exact) mass is 213 g/mol. The largest absolute Gasteiger partial charge is 0.327 e. The SMILES string of the molecule is NC1CC/C(=C/c2sccc2Cl)C1. The lowest BCUT2D eigenvalue weighted by atomic mass is 10.2. The lowest BCUT2D eigenvalue weighted by Crippen LogP contribution is -2.13. The molecule has 1 atom stereocenters. The highest BCUT2D eigenvalue weighted by atomic mass is 35.5. The molecule has 1 saturated carbocycles. The van der Waals surface area contributed by atoms with E-state index >= 15 is 0 Å². The van der Waals surface area contributed by atoms with Crippen molar-refractivity contribution >= 4 is 29.0 Å². The average Bonchev–Trinajstić information content (AvgIpc) is 2.64. The van der Waals surface area contributed by atoms with Gasteiger partial charge in [0, 0.05) is 10.9 Å². The van der Waals surface area contributed by atoms with Crippen molar-refractivity contribution in [3.8, 4) is 0 Å². The van der Waals surface area contributed by atoms with E-state index in [4.69, 9.17) is 17.3 Å². The maximum absolute atomic E-state index is 5.99. The minimum absolute atomic E-state index is 0.366. The van der Waals surface area contributed by atoms with Gasteiger partial charge in [-0.05, 0) is 36.8 Å². The first kappa shape index (κ1) is 9.25. The van der Waals surface area contributed by atoms with Crippen LogP contribution in [-0.4, -0.2) is 6.04 Å². The first-order valence-electron chi connectivity index (χ1n) is 4.44. The fraction of sp³-hybridized carbons (Fsp3) is 0.400. The van der Waals surface area contributed by atoms with Gasteiger partial charge < -0.3 is 5.73 Å². The first-order valence-corrected chi connectivity index (χ1v) is 5.69. The van der Waals surface area contributed by atoms with Gasteiger partial charge in [0.1, 0.15) is 0 Å². The van der Waals surface area contributed by atoms with Crippen LogP contribution in [0.1, 0.15) is 24.1 Å². The van der Waals surface area contributed by atoms with E-state index in [-0.39, 0.29) is 0 Å². The Morgan fingerprint density at radius 1 is 1.62 bits per heavy atom. The van der Waals surface area contributed by atoms with Gasteiger partial charge in [-0.1, -0.05) is 17.2 Å². The van der Waals surface area contributed by atoms with E-state index in [9.17, 15) is 0 Å². The van der Waals surface area contributed by atoms with Crippen LogP contribution in [0.25, 0.3) is 6.08 Å². The highest BCUT2D eigenvalue weighted by molar-refractivity contribution is 7.11. The molecule has 0 radical (unpaired) electrons. The van der Waals surface area contributed by atoms with E-state index < -0.39 is 0 Å². The zero-order valence-corrected chi connectivity index (χ0v) is 8.87. The second-order valence-electron chi connectivity index (χ2n) is 3.44. The van der Waals surface area contributed by atoms with Gasteiger partial charge in [-0.15, -0.1) is 11.3 Å². The molecule has 13 heavy (non-hydrogen) atoms. The Morgan fingerprint density at radius 3 is 3.00 bits per heavy atom. The molecule has 1 aromatic heterocycles. The highest BCUT2D eigenvalue weighted by Crippen LogP contribution is 2.30. The van der Waals surface area contributed by atoms with Crippen molar-refractivity contribution in [3.63, 3.8) is 0 Å². The molecule has 1 aliphatic rings. The summed E-state index contributed by atoms with van der Waals surface area (Å²) in [5.41, 5.74) is 7.26. The third-order valence-corrected chi connectivity index (χ3v) is 3.65. The molecular formula is C10H12ClNS. The molecule has 1 fully saturated rings. The van der Waals surface area contributed by atoms with Crippen LogP contribution in [-0.2, 0) is 0 Å². The predicted octanol–water partition coefficient (Wildman–Crippen LogP) is 3.30. The molecule has 1 heterocycles. The van der Waals surface area contributed by atoms with Gasteiger partial charge in [0.25, 0.3) is 0 Å². The summed E-state index contributed by atoms with van der Waals surface area (Å²) in [6, 6.07) is 2.30. The van der Waals surface area contributed by atoms with Crippen LogP contribution in [0.15, 0.2) is 17.0 Å². The Bertz CT molecular complexity index is 329. The van der Waals surface area contributed by atoms with Crippen LogP contribution in [0.4, 0.5) is 0 Å². The number of halogens is 1. The fourth-order valence-corrected chi connectivity index (χ4v) is 2.73. The standard InChI is InChI=1S/C10H12ClNS/c11-9-3-4-13-10(9)6-7-1-2-8(12)5-7/h3-4,6,8H,1-2,5,12H2/b7-6-. The van der Waals surface area contributed by atoms with Gasteiger partial charge in [0.05, 0.1) is 5.02 Å². The fourth-order valence-electron chi connectivity index (χ4n) is 1.64. The highest BCUT2D eigenvalue weighted by Gasteiger charge is 2.15. The molecule has 2 N–H and O–H groups in total. The van der Waals surface area contributed by atoms with Crippen molar-refractivity contribution < 1.29 is 0 Å². The summed E-state index contributed by atoms with van der Waals surface area (Å²) < 4.78 is 0. The van der Waals surface area contributed by atoms with Crippen LogP contribution >= 0.6 is 22.9 Å². The normalized spacial score (nSPS) is 25.7. The molecule has 70 valence electrons. The molecule has 1 unspecified atom stereocenters. The van der Waals surface area contributed by atoms with Gasteiger partial charge in [0.15, 0.2) is 0 Å². The Labute approximate surface area is 87.2 Å². The zero-order valence-electron chi connectivity index (χ0n) is 7.29. The summed E-state index contributed by atoms with van der Waals surface area (Å²) in [6.45, 7) is 0. The molecule has 0 bridgehead atoms. The number of nitrogens with two attached hydrogens (primary N) is 1. The van der Waals surface area contributed by atoms with Crippen LogP contribution in [0.3, 0.4) is 0 Å². The average molecular weight is 214 g/mol. The lowest BCUT2D eigenvalue weighted by molar-refractivity contribution is 0.711. The van der Waals surface area contributed by atoms with E-state index in [0.717, 1.165) is 24.3 Å². The third kappa shape index (κ3) is 2.13. The smallest absolute Gasteiger partial charge is 0.0586 e. The Hall–Kier alpha value is -0.310. The van der Waals surface area contributed by atoms with Crippen LogP contribution < -0.4 is 5.73 Å². The van der Waals surface area contributed by atoms with Gasteiger partial charge in [-0.3, -0.25) is 0 Å². The van der Waals surface area contributed by atoms with Gasteiger partial charge in [-0.25, -0.2) is 0 Å². The van der Waals surface area contributed by atoms with Crippen molar-refractivity contribution in [2.24, 2.45) is 5.73 Å². The van der Waals surface area contributed by atoms with Gasteiger partial charge in [0.2, 0.25) is 0 Å². The number of thiophene rings is 1. The van der Waals surface area contributed by atoms with Crippen LogP contribution in [0, 0.1) is 0 Å². The molecule has 0 spiro atoms. The third-order valence-electron chi connectivity index (χ3n) is 2.34. The molecular weight excluding hydrogens is 202 g/mol. The number of hydrogen-bond acceptors (Lipinski definition) is 2. The summed E-state index contributed by atoms with van der Waals surface area (Å²) >= 11 is 7.68. The summed E-state index contributed by atoms with van der Waals surface area (Å²) in [5.74, 6) is 0. The zero-order chi connectivity index (χ0) is 9.26. The van der Waals surface area contributed by atoms with E-state index in [0.29, 0.717) is 6.04 Å². The molecule has 3 heteroatoms. The van der Waals surface area contributed by atoms with Crippen molar-refractivity contribution in [1.82, 2.24) is 0 Å². The molecule has 2 rings (SSSR count). The van der Waals surface area contributed by atoms with Crippen molar-refractivity contribution in [1.29, 1.82) is 0 Å². The quantitative estimate of drug-likeness (QED) is 0.761. The van der Waals surface area contributed by atoms with Crippen molar-refractivity contribution in [2.45, 2.75) is 25.3 Å². The van der Waals surface area contributed by atoms with Gasteiger partial charge >= 0.3 is 0 Å². The topological polar surface area (TPSA) is 26.0 Å². The number of hydrogen-bond donors (Lipinski definition) is 1. The maximum Gasteiger partial charge on any atom is 0.0586 e. The minimum Gasteiger partial charge on any atom is -0.327 e. The molecule has 0 aliphatic heterocycles. The Balaban J connectivity index is 2.17. The molecule has 0 aromatic carbocycles.